The lowest BCUT2D eigenvalue weighted by molar-refractivity contribution is 0.139. The van der Waals surface area contributed by atoms with E-state index >= 15 is 0 Å². The summed E-state index contributed by atoms with van der Waals surface area (Å²) in [5.74, 6) is 0. The fourth-order valence-electron chi connectivity index (χ4n) is 2.00. The zero-order chi connectivity index (χ0) is 13.7. The first kappa shape index (κ1) is 13.8. The number of hydrogen-bond acceptors (Lipinski definition) is 4. The molecule has 0 amide bonds. The summed E-state index contributed by atoms with van der Waals surface area (Å²) in [6.45, 7) is 5.29. The average Bonchev–Trinajstić information content (AvgIpc) is 2.96. The third-order valence-electron chi connectivity index (χ3n) is 3.08. The number of aromatic nitrogens is 4. The Balaban J connectivity index is 2.01. The van der Waals surface area contributed by atoms with Crippen LogP contribution in [-0.4, -0.2) is 44.9 Å². The van der Waals surface area contributed by atoms with Gasteiger partial charge in [0, 0.05) is 51.2 Å². The summed E-state index contributed by atoms with van der Waals surface area (Å²) >= 11 is 0. The maximum Gasteiger partial charge on any atom is 0.0925 e. The van der Waals surface area contributed by atoms with E-state index < -0.39 is 0 Å². The van der Waals surface area contributed by atoms with Gasteiger partial charge in [0.25, 0.3) is 0 Å². The van der Waals surface area contributed by atoms with Gasteiger partial charge < -0.3 is 9.72 Å². The third kappa shape index (κ3) is 3.90. The van der Waals surface area contributed by atoms with Crippen LogP contribution in [0, 0.1) is 6.92 Å². The summed E-state index contributed by atoms with van der Waals surface area (Å²) in [5, 5.41) is 4.20. The van der Waals surface area contributed by atoms with Crippen LogP contribution >= 0.6 is 0 Å². The predicted molar refractivity (Wildman–Crippen MR) is 72.5 cm³/mol. The molecule has 0 fully saturated rings. The zero-order valence-electron chi connectivity index (χ0n) is 11.8. The van der Waals surface area contributed by atoms with Gasteiger partial charge in [-0.25, -0.2) is 4.98 Å². The van der Waals surface area contributed by atoms with E-state index in [-0.39, 0.29) is 0 Å². The first-order chi connectivity index (χ1) is 9.19. The van der Waals surface area contributed by atoms with E-state index in [1.54, 1.807) is 13.4 Å². The minimum absolute atomic E-state index is 0.712. The molecule has 6 nitrogen and oxygen atoms in total. The van der Waals surface area contributed by atoms with Gasteiger partial charge in [-0.1, -0.05) is 0 Å². The zero-order valence-corrected chi connectivity index (χ0v) is 11.8. The number of nitrogens with one attached hydrogen (secondary N) is 1. The fourth-order valence-corrected chi connectivity index (χ4v) is 2.00. The summed E-state index contributed by atoms with van der Waals surface area (Å²) < 4.78 is 7.00. The Morgan fingerprint density at radius 3 is 2.84 bits per heavy atom. The van der Waals surface area contributed by atoms with Crippen molar-refractivity contribution in [2.45, 2.75) is 20.0 Å². The van der Waals surface area contributed by atoms with Crippen LogP contribution in [0.4, 0.5) is 0 Å². The molecule has 0 aliphatic rings. The Morgan fingerprint density at radius 1 is 1.42 bits per heavy atom. The lowest BCUT2D eigenvalue weighted by atomic mass is 10.2. The molecule has 0 saturated carbocycles. The Labute approximate surface area is 113 Å². The largest absolute Gasteiger partial charge is 0.383 e. The van der Waals surface area contributed by atoms with Crippen molar-refractivity contribution in [1.29, 1.82) is 0 Å². The molecule has 2 aromatic rings. The standard InChI is InChI=1S/C13H21N5O/c1-11-13(15-10-14-11)9-18(4-5-19-3)8-12-6-16-17(2)7-12/h6-7,10H,4-5,8-9H2,1-3H3,(H,14,15). The number of aryl methyl sites for hydroxylation is 2. The monoisotopic (exact) mass is 263 g/mol. The van der Waals surface area contributed by atoms with Crippen molar-refractivity contribution in [3.05, 3.63) is 35.7 Å². The molecule has 0 bridgehead atoms. The molecule has 104 valence electrons. The van der Waals surface area contributed by atoms with E-state index in [1.807, 2.05) is 31.0 Å². The summed E-state index contributed by atoms with van der Waals surface area (Å²) in [6, 6.07) is 0. The van der Waals surface area contributed by atoms with Crippen molar-refractivity contribution in [3.8, 4) is 0 Å². The van der Waals surface area contributed by atoms with Gasteiger partial charge in [0.1, 0.15) is 0 Å². The number of imidazole rings is 1. The predicted octanol–water partition coefficient (Wildman–Crippen LogP) is 1.10. The number of rotatable bonds is 7. The molecule has 6 heteroatoms. The highest BCUT2D eigenvalue weighted by Gasteiger charge is 2.11. The van der Waals surface area contributed by atoms with Gasteiger partial charge in [-0.2, -0.15) is 5.10 Å². The molecule has 0 saturated heterocycles. The van der Waals surface area contributed by atoms with Crippen molar-refractivity contribution in [3.63, 3.8) is 0 Å². The van der Waals surface area contributed by atoms with Crippen LogP contribution < -0.4 is 0 Å². The third-order valence-corrected chi connectivity index (χ3v) is 3.08. The van der Waals surface area contributed by atoms with E-state index in [0.29, 0.717) is 6.61 Å². The van der Waals surface area contributed by atoms with Crippen molar-refractivity contribution in [2.75, 3.05) is 20.3 Å². The lowest BCUT2D eigenvalue weighted by Crippen LogP contribution is -2.27. The molecular formula is C13H21N5O. The highest BCUT2D eigenvalue weighted by Crippen LogP contribution is 2.09. The molecule has 2 aromatic heterocycles. The van der Waals surface area contributed by atoms with Gasteiger partial charge in [-0.05, 0) is 6.92 Å². The molecule has 0 atom stereocenters. The van der Waals surface area contributed by atoms with Crippen LogP contribution in [0.3, 0.4) is 0 Å². The maximum atomic E-state index is 5.17. The van der Waals surface area contributed by atoms with Crippen molar-refractivity contribution in [2.24, 2.45) is 7.05 Å². The molecule has 0 aliphatic heterocycles. The smallest absolute Gasteiger partial charge is 0.0925 e. The average molecular weight is 263 g/mol. The highest BCUT2D eigenvalue weighted by atomic mass is 16.5. The lowest BCUT2D eigenvalue weighted by Gasteiger charge is -2.20. The van der Waals surface area contributed by atoms with Crippen LogP contribution in [0.25, 0.3) is 0 Å². The summed E-state index contributed by atoms with van der Waals surface area (Å²) in [6.07, 6.45) is 5.68. The first-order valence-electron chi connectivity index (χ1n) is 6.36. The van der Waals surface area contributed by atoms with Crippen LogP contribution in [0.2, 0.25) is 0 Å². The molecule has 1 N–H and O–H groups in total. The van der Waals surface area contributed by atoms with Gasteiger partial charge in [0.2, 0.25) is 0 Å². The van der Waals surface area contributed by atoms with Gasteiger partial charge in [0.15, 0.2) is 0 Å². The van der Waals surface area contributed by atoms with Gasteiger partial charge >= 0.3 is 0 Å². The van der Waals surface area contributed by atoms with E-state index in [1.165, 1.54) is 5.56 Å². The number of aromatic amines is 1. The fraction of sp³-hybridized carbons (Fsp3) is 0.538. The number of methoxy groups -OCH3 is 1. The van der Waals surface area contributed by atoms with Gasteiger partial charge in [-0.3, -0.25) is 9.58 Å². The Hall–Kier alpha value is -1.66. The Bertz CT molecular complexity index is 505. The van der Waals surface area contributed by atoms with E-state index in [0.717, 1.165) is 31.0 Å². The normalized spacial score (nSPS) is 11.4. The number of ether oxygens (including phenoxy) is 1. The minimum atomic E-state index is 0.712. The number of nitrogens with zero attached hydrogens (tertiary/aromatic N) is 4. The van der Waals surface area contributed by atoms with E-state index in [4.69, 9.17) is 4.74 Å². The summed E-state index contributed by atoms with van der Waals surface area (Å²) in [4.78, 5) is 9.77. The molecule has 0 aliphatic carbocycles. The van der Waals surface area contributed by atoms with Crippen LogP contribution in [-0.2, 0) is 24.9 Å². The van der Waals surface area contributed by atoms with Gasteiger partial charge in [0.05, 0.1) is 24.8 Å². The second kappa shape index (κ2) is 6.49. The molecular weight excluding hydrogens is 242 g/mol. The molecule has 0 radical (unpaired) electrons. The van der Waals surface area contributed by atoms with Crippen molar-refractivity contribution < 1.29 is 4.74 Å². The Morgan fingerprint density at radius 2 is 2.26 bits per heavy atom. The SMILES string of the molecule is COCCN(Cc1cnn(C)c1)Cc1nc[nH]c1C. The quantitative estimate of drug-likeness (QED) is 0.812. The van der Waals surface area contributed by atoms with Gasteiger partial charge in [-0.15, -0.1) is 0 Å². The van der Waals surface area contributed by atoms with Crippen molar-refractivity contribution >= 4 is 0 Å². The number of hydrogen-bond donors (Lipinski definition) is 1. The highest BCUT2D eigenvalue weighted by molar-refractivity contribution is 5.09. The van der Waals surface area contributed by atoms with Crippen molar-refractivity contribution in [1.82, 2.24) is 24.6 Å². The first-order valence-corrected chi connectivity index (χ1v) is 6.36. The molecule has 2 heterocycles. The minimum Gasteiger partial charge on any atom is -0.383 e. The molecule has 2 rings (SSSR count). The molecule has 19 heavy (non-hydrogen) atoms. The summed E-state index contributed by atoms with van der Waals surface area (Å²) in [7, 11) is 3.66. The van der Waals surface area contributed by atoms with E-state index in [9.17, 15) is 0 Å². The topological polar surface area (TPSA) is 59.0 Å². The molecule has 0 unspecified atom stereocenters. The van der Waals surface area contributed by atoms with Crippen LogP contribution in [0.15, 0.2) is 18.7 Å². The molecule has 0 spiro atoms. The van der Waals surface area contributed by atoms with Crippen LogP contribution in [0.1, 0.15) is 17.0 Å². The van der Waals surface area contributed by atoms with Crippen LogP contribution in [0.5, 0.6) is 0 Å². The second-order valence-electron chi connectivity index (χ2n) is 4.70. The maximum absolute atomic E-state index is 5.17. The summed E-state index contributed by atoms with van der Waals surface area (Å²) in [5.41, 5.74) is 3.40. The second-order valence-corrected chi connectivity index (χ2v) is 4.70. The van der Waals surface area contributed by atoms with E-state index in [2.05, 4.69) is 20.0 Å². The Kier molecular flexibility index (Phi) is 4.70. The molecule has 0 aromatic carbocycles. The number of H-pyrrole nitrogens is 1.